The minimum absolute atomic E-state index is 0.109. The standard InChI is InChI=1S/C62H51N5O7S3/c1-2-38-75-50-41-76-59-53(58(70)67(59)54(50)60(71)74-56(44-28-14-5-15-29-44)45-30-16-6-17-31-45)64-57(69)52(66-72-39-51(68)73-55(42-24-10-3-11-25-42)43-26-12-4-13-27-43)49-40-77-61(63-49)65-62(46-32-18-7-19-33-46,47-34-20-8-21-35-47)48-36-22-9-23-37-48/h2-37,40,53,55-56,59H,1,38-39,41H2,(H,63,65)(H,64,69)/b66-52-/t53-,59-/m1/s1. The summed E-state index contributed by atoms with van der Waals surface area (Å²) in [6.45, 7) is 3.21. The van der Waals surface area contributed by atoms with Crippen LogP contribution in [0.1, 0.15) is 56.8 Å². The number of nitrogens with one attached hydrogen (secondary N) is 2. The number of fused-ring (bicyclic) bond motifs is 1. The number of ether oxygens (including phenoxy) is 2. The fourth-order valence-electron chi connectivity index (χ4n) is 9.29. The summed E-state index contributed by atoms with van der Waals surface area (Å²) in [6.07, 6.45) is 0.214. The second-order valence-electron chi connectivity index (χ2n) is 17.8. The fourth-order valence-corrected chi connectivity index (χ4v) is 12.4. The van der Waals surface area contributed by atoms with Gasteiger partial charge in [0.2, 0.25) is 6.61 Å². The van der Waals surface area contributed by atoms with Crippen molar-refractivity contribution in [2.24, 2.45) is 5.16 Å². The lowest BCUT2D eigenvalue weighted by Crippen LogP contribution is -2.71. The van der Waals surface area contributed by atoms with E-state index in [1.165, 1.54) is 39.8 Å². The predicted octanol–water partition coefficient (Wildman–Crippen LogP) is 11.5. The molecule has 1 fully saturated rings. The first kappa shape index (κ1) is 52.0. The normalized spacial score (nSPS) is 15.3. The van der Waals surface area contributed by atoms with E-state index < -0.39 is 59.5 Å². The molecule has 8 aromatic rings. The largest absolute Gasteiger partial charge is 0.450 e. The van der Waals surface area contributed by atoms with Crippen LogP contribution in [0.4, 0.5) is 5.13 Å². The second kappa shape index (κ2) is 24.4. The Kier molecular flexibility index (Phi) is 16.5. The van der Waals surface area contributed by atoms with Crippen LogP contribution < -0.4 is 10.6 Å². The molecule has 0 aliphatic carbocycles. The molecule has 1 saturated heterocycles. The van der Waals surface area contributed by atoms with E-state index in [2.05, 4.69) is 22.4 Å². The Morgan fingerprint density at radius 3 is 1.61 bits per heavy atom. The van der Waals surface area contributed by atoms with Crippen molar-refractivity contribution in [2.75, 3.05) is 23.4 Å². The zero-order valence-electron chi connectivity index (χ0n) is 41.4. The van der Waals surface area contributed by atoms with Gasteiger partial charge in [0.05, 0.1) is 0 Å². The van der Waals surface area contributed by atoms with Gasteiger partial charge in [-0.05, 0) is 38.9 Å². The summed E-state index contributed by atoms with van der Waals surface area (Å²) in [6, 6.07) is 66.4. The molecule has 12 nitrogen and oxygen atoms in total. The van der Waals surface area contributed by atoms with Gasteiger partial charge in [-0.1, -0.05) is 224 Å². The SMILES string of the molecule is C=CCSC1=C(C(=O)OC(c2ccccc2)c2ccccc2)N2C(=O)[C@@H](NC(=O)/C(=N\OCC(=O)OC(c3ccccc3)c3ccccc3)c3csc(NC(c4ccccc4)(c4ccccc4)c4ccccc4)n3)[C@H]2SC1. The second-order valence-corrected chi connectivity index (χ2v) is 20.8. The number of hydrogen-bond donors (Lipinski definition) is 2. The molecule has 2 aliphatic rings. The van der Waals surface area contributed by atoms with Gasteiger partial charge in [-0.2, -0.15) is 0 Å². The number of rotatable bonds is 21. The number of esters is 2. The van der Waals surface area contributed by atoms with Crippen LogP contribution in [0.5, 0.6) is 0 Å². The summed E-state index contributed by atoms with van der Waals surface area (Å²) in [5.41, 5.74) is 4.79. The lowest BCUT2D eigenvalue weighted by molar-refractivity contribution is -0.154. The van der Waals surface area contributed by atoms with Gasteiger partial charge in [0.25, 0.3) is 11.8 Å². The average Bonchev–Trinajstić information content (AvgIpc) is 4.05. The van der Waals surface area contributed by atoms with Crippen LogP contribution in [0, 0.1) is 0 Å². The average molecular weight is 1070 g/mol. The monoisotopic (exact) mass is 1070 g/mol. The molecule has 1 aromatic heterocycles. The van der Waals surface area contributed by atoms with E-state index in [-0.39, 0.29) is 17.1 Å². The van der Waals surface area contributed by atoms with Crippen LogP contribution in [0.2, 0.25) is 0 Å². The summed E-state index contributed by atoms with van der Waals surface area (Å²) in [5.74, 6) is -1.90. The third-order valence-corrected chi connectivity index (χ3v) is 16.2. The highest BCUT2D eigenvalue weighted by Crippen LogP contribution is 2.45. The first-order valence-corrected chi connectivity index (χ1v) is 27.7. The van der Waals surface area contributed by atoms with Crippen LogP contribution in [-0.4, -0.2) is 68.9 Å². The van der Waals surface area contributed by atoms with E-state index in [4.69, 9.17) is 19.3 Å². The molecule has 0 unspecified atom stereocenters. The molecular weight excluding hydrogens is 1020 g/mol. The molecule has 3 heterocycles. The van der Waals surface area contributed by atoms with Crippen molar-refractivity contribution < 1.29 is 33.5 Å². The van der Waals surface area contributed by atoms with E-state index in [1.807, 2.05) is 212 Å². The third kappa shape index (κ3) is 11.5. The Morgan fingerprint density at radius 2 is 1.14 bits per heavy atom. The molecular formula is C62H51N5O7S3. The van der Waals surface area contributed by atoms with Gasteiger partial charge in [-0.15, -0.1) is 41.4 Å². The maximum absolute atomic E-state index is 14.8. The number of oxime groups is 1. The zero-order chi connectivity index (χ0) is 53.0. The molecule has 15 heteroatoms. The lowest BCUT2D eigenvalue weighted by atomic mass is 9.77. The van der Waals surface area contributed by atoms with Gasteiger partial charge in [0.15, 0.2) is 23.1 Å². The molecule has 2 amide bonds. The number of benzene rings is 7. The first-order valence-electron chi connectivity index (χ1n) is 24.8. The minimum Gasteiger partial charge on any atom is -0.450 e. The molecule has 2 N–H and O–H groups in total. The number of hydrogen-bond acceptors (Lipinski definition) is 13. The van der Waals surface area contributed by atoms with Crippen LogP contribution in [0.3, 0.4) is 0 Å². The van der Waals surface area contributed by atoms with Crippen molar-refractivity contribution in [2.45, 2.75) is 29.2 Å². The Labute approximate surface area is 458 Å². The van der Waals surface area contributed by atoms with Crippen molar-refractivity contribution in [3.05, 3.63) is 286 Å². The van der Waals surface area contributed by atoms with E-state index >= 15 is 0 Å². The van der Waals surface area contributed by atoms with Gasteiger partial charge in [0.1, 0.15) is 28.3 Å². The number of aromatic nitrogens is 1. The van der Waals surface area contributed by atoms with Crippen LogP contribution >= 0.6 is 34.9 Å². The Hall–Kier alpha value is -8.50. The van der Waals surface area contributed by atoms with Crippen molar-refractivity contribution in [3.8, 4) is 0 Å². The maximum atomic E-state index is 14.8. The van der Waals surface area contributed by atoms with Crippen molar-refractivity contribution in [1.29, 1.82) is 0 Å². The third-order valence-electron chi connectivity index (χ3n) is 12.9. The number of anilines is 1. The molecule has 2 aliphatic heterocycles. The zero-order valence-corrected chi connectivity index (χ0v) is 43.9. The Bertz CT molecular complexity index is 3210. The summed E-state index contributed by atoms with van der Waals surface area (Å²) in [5, 5.41) is 12.3. The predicted molar refractivity (Wildman–Crippen MR) is 304 cm³/mol. The number of thioether (sulfide) groups is 2. The van der Waals surface area contributed by atoms with E-state index in [1.54, 1.807) is 11.5 Å². The number of β-lactam (4-membered cyclic amide) rings is 1. The van der Waals surface area contributed by atoms with Gasteiger partial charge < -0.3 is 24.9 Å². The number of thiazole rings is 1. The molecule has 77 heavy (non-hydrogen) atoms. The van der Waals surface area contributed by atoms with Crippen LogP contribution in [-0.2, 0) is 39.0 Å². The van der Waals surface area contributed by atoms with E-state index in [0.717, 1.165) is 38.9 Å². The number of carbonyl (C=O) groups is 4. The minimum atomic E-state index is -1.09. The maximum Gasteiger partial charge on any atom is 0.356 e. The topological polar surface area (TPSA) is 149 Å². The van der Waals surface area contributed by atoms with Crippen molar-refractivity contribution in [3.63, 3.8) is 0 Å². The molecule has 0 bridgehead atoms. The van der Waals surface area contributed by atoms with Crippen LogP contribution in [0.25, 0.3) is 0 Å². The number of amides is 2. The first-order chi connectivity index (χ1) is 37.8. The highest BCUT2D eigenvalue weighted by atomic mass is 32.2. The van der Waals surface area contributed by atoms with Gasteiger partial charge >= 0.3 is 11.9 Å². The summed E-state index contributed by atoms with van der Waals surface area (Å²) in [4.78, 5) is 70.3. The molecule has 0 spiro atoms. The molecule has 2 atom stereocenters. The molecule has 0 radical (unpaired) electrons. The summed E-state index contributed by atoms with van der Waals surface area (Å²) in [7, 11) is 0. The van der Waals surface area contributed by atoms with Gasteiger partial charge in [-0.3, -0.25) is 14.5 Å². The quantitative estimate of drug-likeness (QED) is 0.0177. The summed E-state index contributed by atoms with van der Waals surface area (Å²) >= 11 is 4.05. The smallest absolute Gasteiger partial charge is 0.356 e. The van der Waals surface area contributed by atoms with Gasteiger partial charge in [0, 0.05) is 21.8 Å². The molecule has 384 valence electrons. The van der Waals surface area contributed by atoms with Crippen molar-refractivity contribution in [1.82, 2.24) is 15.2 Å². The van der Waals surface area contributed by atoms with E-state index in [9.17, 15) is 19.2 Å². The highest BCUT2D eigenvalue weighted by molar-refractivity contribution is 8.06. The van der Waals surface area contributed by atoms with Gasteiger partial charge in [-0.25, -0.2) is 14.6 Å². The van der Waals surface area contributed by atoms with Crippen LogP contribution in [0.15, 0.2) is 246 Å². The molecule has 10 rings (SSSR count). The lowest BCUT2D eigenvalue weighted by Gasteiger charge is -2.49. The highest BCUT2D eigenvalue weighted by Gasteiger charge is 2.55. The molecule has 0 saturated carbocycles. The number of carbonyl (C=O) groups excluding carboxylic acids is 4. The van der Waals surface area contributed by atoms with Crippen molar-refractivity contribution >= 4 is 69.5 Å². The summed E-state index contributed by atoms with van der Waals surface area (Å²) < 4.78 is 12.3. The Balaban J connectivity index is 0.952. The fraction of sp³-hybridized carbons (Fsp3) is 0.129. The number of nitrogens with zero attached hydrogens (tertiary/aromatic N) is 3. The Morgan fingerprint density at radius 1 is 0.688 bits per heavy atom. The van der Waals surface area contributed by atoms with E-state index in [0.29, 0.717) is 21.5 Å². The molecule has 7 aromatic carbocycles.